The highest BCUT2D eigenvalue weighted by atomic mass is 16.3. The maximum absolute atomic E-state index is 9.44. The summed E-state index contributed by atoms with van der Waals surface area (Å²) in [5.41, 5.74) is 0. The van der Waals surface area contributed by atoms with Crippen LogP contribution in [0.4, 0.5) is 0 Å². The molecule has 0 fully saturated rings. The van der Waals surface area contributed by atoms with E-state index in [9.17, 15) is 15.3 Å². The highest BCUT2D eigenvalue weighted by Crippen LogP contribution is 2.10. The van der Waals surface area contributed by atoms with E-state index in [1.165, 1.54) is 0 Å². The molecule has 0 aliphatic rings. The second-order valence-corrected chi connectivity index (χ2v) is 3.73. The topological polar surface area (TPSA) is 80.9 Å². The zero-order chi connectivity index (χ0) is 11.0. The molecule has 0 saturated carbocycles. The Morgan fingerprint density at radius 1 is 0.857 bits per heavy atom. The number of rotatable bonds is 8. The van der Waals surface area contributed by atoms with E-state index >= 15 is 0 Å². The van der Waals surface area contributed by atoms with Gasteiger partial charge in [0.2, 0.25) is 0 Å². The van der Waals surface area contributed by atoms with E-state index in [0.29, 0.717) is 12.8 Å². The number of hydrogen-bond donors (Lipinski definition) is 4. The molecule has 0 spiro atoms. The van der Waals surface area contributed by atoms with E-state index in [1.807, 2.05) is 6.92 Å². The zero-order valence-corrected chi connectivity index (χ0v) is 8.76. The normalized spacial score (nSPS) is 17.8. The molecular formula is C10H22O4. The molecule has 0 aliphatic carbocycles. The molecule has 0 aromatic rings. The van der Waals surface area contributed by atoms with Crippen molar-refractivity contribution in [1.29, 1.82) is 0 Å². The van der Waals surface area contributed by atoms with E-state index in [2.05, 4.69) is 0 Å². The molecule has 86 valence electrons. The highest BCUT2D eigenvalue weighted by molar-refractivity contribution is 4.67. The van der Waals surface area contributed by atoms with Crippen molar-refractivity contribution in [1.82, 2.24) is 0 Å². The predicted molar refractivity (Wildman–Crippen MR) is 53.9 cm³/mol. The second kappa shape index (κ2) is 8.17. The smallest absolute Gasteiger partial charge is 0.0589 e. The van der Waals surface area contributed by atoms with E-state index in [1.54, 1.807) is 0 Å². The molecular weight excluding hydrogens is 184 g/mol. The molecule has 0 aromatic carbocycles. The van der Waals surface area contributed by atoms with Gasteiger partial charge in [-0.25, -0.2) is 0 Å². The van der Waals surface area contributed by atoms with Crippen molar-refractivity contribution in [2.75, 3.05) is 6.61 Å². The second-order valence-electron chi connectivity index (χ2n) is 3.73. The molecule has 0 aromatic heterocycles. The van der Waals surface area contributed by atoms with Crippen LogP contribution in [0.15, 0.2) is 0 Å². The Morgan fingerprint density at radius 3 is 1.79 bits per heavy atom. The lowest BCUT2D eigenvalue weighted by Crippen LogP contribution is -2.23. The van der Waals surface area contributed by atoms with Gasteiger partial charge in [-0.15, -0.1) is 0 Å². The van der Waals surface area contributed by atoms with Gasteiger partial charge in [-0.1, -0.05) is 13.3 Å². The quantitative estimate of drug-likeness (QED) is 0.452. The maximum Gasteiger partial charge on any atom is 0.0589 e. The third kappa shape index (κ3) is 7.26. The molecule has 14 heavy (non-hydrogen) atoms. The summed E-state index contributed by atoms with van der Waals surface area (Å²) in [5, 5.41) is 36.6. The minimum atomic E-state index is -0.682. The van der Waals surface area contributed by atoms with Gasteiger partial charge in [0, 0.05) is 6.61 Å². The van der Waals surface area contributed by atoms with Crippen molar-refractivity contribution in [2.45, 2.75) is 57.3 Å². The van der Waals surface area contributed by atoms with Crippen LogP contribution in [-0.2, 0) is 0 Å². The van der Waals surface area contributed by atoms with Crippen LogP contribution >= 0.6 is 0 Å². The first-order chi connectivity index (χ1) is 6.60. The standard InChI is InChI=1S/C10H22O4/c1-2-3-8(12)6-10(14)7-9(13)4-5-11/h8-14H,2-7H2,1H3. The van der Waals surface area contributed by atoms with Crippen molar-refractivity contribution in [3.05, 3.63) is 0 Å². The minimum absolute atomic E-state index is 0.0780. The summed E-state index contributed by atoms with van der Waals surface area (Å²) in [6, 6.07) is 0. The fraction of sp³-hybridized carbons (Fsp3) is 1.00. The summed E-state index contributed by atoms with van der Waals surface area (Å²) in [6.45, 7) is 1.89. The van der Waals surface area contributed by atoms with Gasteiger partial charge in [-0.05, 0) is 25.7 Å². The highest BCUT2D eigenvalue weighted by Gasteiger charge is 2.15. The summed E-state index contributed by atoms with van der Waals surface area (Å²) in [7, 11) is 0. The molecule has 0 rings (SSSR count). The fourth-order valence-electron chi connectivity index (χ4n) is 1.44. The van der Waals surface area contributed by atoms with Crippen molar-refractivity contribution < 1.29 is 20.4 Å². The molecule has 0 amide bonds. The van der Waals surface area contributed by atoms with Gasteiger partial charge >= 0.3 is 0 Å². The van der Waals surface area contributed by atoms with Crippen LogP contribution in [0.3, 0.4) is 0 Å². The van der Waals surface area contributed by atoms with Crippen LogP contribution in [-0.4, -0.2) is 45.3 Å². The Balaban J connectivity index is 3.57. The lowest BCUT2D eigenvalue weighted by Gasteiger charge is -2.17. The number of aliphatic hydroxyl groups excluding tert-OH is 4. The summed E-state index contributed by atoms with van der Waals surface area (Å²) < 4.78 is 0. The Bertz CT molecular complexity index is 115. The van der Waals surface area contributed by atoms with Crippen molar-refractivity contribution in [3.63, 3.8) is 0 Å². The molecule has 0 saturated heterocycles. The van der Waals surface area contributed by atoms with Crippen LogP contribution in [0.1, 0.15) is 39.0 Å². The van der Waals surface area contributed by atoms with Gasteiger partial charge in [0.05, 0.1) is 18.3 Å². The average molecular weight is 206 g/mol. The zero-order valence-electron chi connectivity index (χ0n) is 8.76. The third-order valence-electron chi connectivity index (χ3n) is 2.17. The molecule has 0 aliphatic heterocycles. The first-order valence-electron chi connectivity index (χ1n) is 5.25. The lowest BCUT2D eigenvalue weighted by molar-refractivity contribution is 0.0298. The van der Waals surface area contributed by atoms with Gasteiger partial charge in [0.15, 0.2) is 0 Å². The third-order valence-corrected chi connectivity index (χ3v) is 2.17. The molecule has 3 atom stereocenters. The summed E-state index contributed by atoms with van der Waals surface area (Å²) >= 11 is 0. The Kier molecular flexibility index (Phi) is 8.08. The van der Waals surface area contributed by atoms with E-state index in [-0.39, 0.29) is 19.4 Å². The lowest BCUT2D eigenvalue weighted by atomic mass is 10.0. The van der Waals surface area contributed by atoms with Crippen LogP contribution in [0.2, 0.25) is 0 Å². The molecule has 0 bridgehead atoms. The summed E-state index contributed by atoms with van der Waals surface area (Å²) in [4.78, 5) is 0. The molecule has 0 heterocycles. The van der Waals surface area contributed by atoms with E-state index in [0.717, 1.165) is 6.42 Å². The van der Waals surface area contributed by atoms with Crippen LogP contribution in [0, 0.1) is 0 Å². The van der Waals surface area contributed by atoms with Crippen LogP contribution in [0.25, 0.3) is 0 Å². The molecule has 0 radical (unpaired) electrons. The van der Waals surface area contributed by atoms with Crippen molar-refractivity contribution in [3.8, 4) is 0 Å². The van der Waals surface area contributed by atoms with Gasteiger partial charge in [-0.3, -0.25) is 0 Å². The van der Waals surface area contributed by atoms with E-state index < -0.39 is 18.3 Å². The number of hydrogen-bond acceptors (Lipinski definition) is 4. The Labute approximate surface area is 85.2 Å². The van der Waals surface area contributed by atoms with E-state index in [4.69, 9.17) is 5.11 Å². The van der Waals surface area contributed by atoms with Crippen molar-refractivity contribution in [2.24, 2.45) is 0 Å². The first kappa shape index (κ1) is 13.8. The molecule has 3 unspecified atom stereocenters. The minimum Gasteiger partial charge on any atom is -0.396 e. The summed E-state index contributed by atoms with van der Waals surface area (Å²) in [5.74, 6) is 0. The predicted octanol–water partition coefficient (Wildman–Crippen LogP) is 0.0318. The Morgan fingerprint density at radius 2 is 1.36 bits per heavy atom. The first-order valence-corrected chi connectivity index (χ1v) is 5.25. The summed E-state index contributed by atoms with van der Waals surface area (Å²) in [6.07, 6.45) is 0.511. The maximum atomic E-state index is 9.44. The molecule has 4 N–H and O–H groups in total. The van der Waals surface area contributed by atoms with Gasteiger partial charge in [0.25, 0.3) is 0 Å². The van der Waals surface area contributed by atoms with Crippen molar-refractivity contribution >= 4 is 0 Å². The Hall–Kier alpha value is -0.160. The largest absolute Gasteiger partial charge is 0.396 e. The molecule has 4 heteroatoms. The molecule has 4 nitrogen and oxygen atoms in total. The van der Waals surface area contributed by atoms with Crippen LogP contribution in [0.5, 0.6) is 0 Å². The van der Waals surface area contributed by atoms with Gasteiger partial charge < -0.3 is 20.4 Å². The SMILES string of the molecule is CCCC(O)CC(O)CC(O)CCO. The van der Waals surface area contributed by atoms with Crippen LogP contribution < -0.4 is 0 Å². The fourth-order valence-corrected chi connectivity index (χ4v) is 1.44. The number of aliphatic hydroxyl groups is 4. The van der Waals surface area contributed by atoms with Gasteiger partial charge in [-0.2, -0.15) is 0 Å². The monoisotopic (exact) mass is 206 g/mol. The van der Waals surface area contributed by atoms with Gasteiger partial charge in [0.1, 0.15) is 0 Å². The average Bonchev–Trinajstić information content (AvgIpc) is 2.03.